The van der Waals surface area contributed by atoms with Crippen molar-refractivity contribution in [2.45, 2.75) is 38.9 Å². The molecule has 2 aromatic rings. The van der Waals surface area contributed by atoms with Crippen molar-refractivity contribution >= 4 is 6.08 Å². The number of aliphatic hydroxyl groups excluding tert-OH is 2. The average Bonchev–Trinajstić information content (AvgIpc) is 2.86. The molecule has 0 unspecified atom stereocenters. The van der Waals surface area contributed by atoms with Gasteiger partial charge in [0.1, 0.15) is 17.3 Å². The van der Waals surface area contributed by atoms with Gasteiger partial charge in [-0.2, -0.15) is 0 Å². The fourth-order valence-corrected chi connectivity index (χ4v) is 2.23. The molecule has 0 aliphatic rings. The van der Waals surface area contributed by atoms with Crippen LogP contribution in [0.15, 0.2) is 40.8 Å². The zero-order chi connectivity index (χ0) is 16.1. The molecule has 118 valence electrons. The minimum Gasteiger partial charge on any atom is -0.461 e. The maximum Gasteiger partial charge on any atom is 0.134 e. The van der Waals surface area contributed by atoms with Crippen molar-refractivity contribution in [1.29, 1.82) is 0 Å². The Hall–Kier alpha value is -1.91. The van der Waals surface area contributed by atoms with Gasteiger partial charge in [0.05, 0.1) is 12.2 Å². The van der Waals surface area contributed by atoms with Gasteiger partial charge in [0.2, 0.25) is 0 Å². The van der Waals surface area contributed by atoms with Crippen LogP contribution in [0.5, 0.6) is 0 Å². The van der Waals surface area contributed by atoms with Crippen LogP contribution in [-0.4, -0.2) is 22.4 Å². The summed E-state index contributed by atoms with van der Waals surface area (Å²) in [5.41, 5.74) is 1.69. The molecule has 4 heteroatoms. The second-order valence-electron chi connectivity index (χ2n) is 5.37. The highest BCUT2D eigenvalue weighted by atomic mass is 19.1. The monoisotopic (exact) mass is 304 g/mol. The Kier molecular flexibility index (Phi) is 5.52. The Bertz CT molecular complexity index is 628. The molecule has 0 fully saturated rings. The van der Waals surface area contributed by atoms with Crippen LogP contribution in [0.1, 0.15) is 31.3 Å². The zero-order valence-electron chi connectivity index (χ0n) is 12.8. The molecule has 2 rings (SSSR count). The molecule has 1 aromatic carbocycles. The standard InChI is InChI=1S/C18H21FO3/c1-3-15(20)11-16(21)8-9-18-17(10-12(2)22-18)13-4-6-14(19)7-5-13/h4-10,15-16,20-21H,3,11H2,1-2H3/t15-,16+/m0/s1. The molecule has 0 aliphatic carbocycles. The lowest BCUT2D eigenvalue weighted by Gasteiger charge is -2.10. The van der Waals surface area contributed by atoms with Crippen molar-refractivity contribution in [3.8, 4) is 11.1 Å². The Balaban J connectivity index is 2.19. The number of aryl methyl sites for hydroxylation is 1. The lowest BCUT2D eigenvalue weighted by atomic mass is 10.0. The fraction of sp³-hybridized carbons (Fsp3) is 0.333. The molecular formula is C18H21FO3. The number of aliphatic hydroxyl groups is 2. The quantitative estimate of drug-likeness (QED) is 0.850. The van der Waals surface area contributed by atoms with Gasteiger partial charge in [-0.15, -0.1) is 0 Å². The first-order valence-corrected chi connectivity index (χ1v) is 7.40. The third-order valence-corrected chi connectivity index (χ3v) is 3.49. The summed E-state index contributed by atoms with van der Waals surface area (Å²) in [5, 5.41) is 19.4. The van der Waals surface area contributed by atoms with E-state index in [1.54, 1.807) is 24.3 Å². The molecule has 2 atom stereocenters. The van der Waals surface area contributed by atoms with Crippen LogP contribution in [0.4, 0.5) is 4.39 Å². The molecule has 0 saturated heterocycles. The lowest BCUT2D eigenvalue weighted by Crippen LogP contribution is -2.14. The van der Waals surface area contributed by atoms with Crippen LogP contribution in [0.3, 0.4) is 0 Å². The summed E-state index contributed by atoms with van der Waals surface area (Å²) >= 11 is 0. The normalized spacial score (nSPS) is 14.4. The van der Waals surface area contributed by atoms with Crippen molar-refractivity contribution in [3.63, 3.8) is 0 Å². The van der Waals surface area contributed by atoms with Gasteiger partial charge in [0, 0.05) is 12.0 Å². The Morgan fingerprint density at radius 2 is 1.91 bits per heavy atom. The average molecular weight is 304 g/mol. The Morgan fingerprint density at radius 1 is 1.23 bits per heavy atom. The maximum atomic E-state index is 13.0. The minimum absolute atomic E-state index is 0.287. The van der Waals surface area contributed by atoms with Crippen LogP contribution in [0, 0.1) is 12.7 Å². The van der Waals surface area contributed by atoms with Crippen molar-refractivity contribution in [1.82, 2.24) is 0 Å². The van der Waals surface area contributed by atoms with Crippen LogP contribution in [-0.2, 0) is 0 Å². The molecule has 0 amide bonds. The van der Waals surface area contributed by atoms with E-state index < -0.39 is 12.2 Å². The van der Waals surface area contributed by atoms with Gasteiger partial charge in [0.15, 0.2) is 0 Å². The van der Waals surface area contributed by atoms with E-state index in [2.05, 4.69) is 0 Å². The van der Waals surface area contributed by atoms with Crippen molar-refractivity contribution < 1.29 is 19.0 Å². The first kappa shape index (κ1) is 16.5. The topological polar surface area (TPSA) is 53.6 Å². The van der Waals surface area contributed by atoms with E-state index >= 15 is 0 Å². The summed E-state index contributed by atoms with van der Waals surface area (Å²) < 4.78 is 18.6. The van der Waals surface area contributed by atoms with Crippen LogP contribution < -0.4 is 0 Å². The summed E-state index contributed by atoms with van der Waals surface area (Å²) in [6.07, 6.45) is 2.93. The minimum atomic E-state index is -0.735. The van der Waals surface area contributed by atoms with Gasteiger partial charge in [-0.25, -0.2) is 4.39 Å². The van der Waals surface area contributed by atoms with Gasteiger partial charge < -0.3 is 14.6 Å². The molecule has 0 bridgehead atoms. The third-order valence-electron chi connectivity index (χ3n) is 3.49. The first-order valence-electron chi connectivity index (χ1n) is 7.40. The first-order chi connectivity index (χ1) is 10.5. The fourth-order valence-electron chi connectivity index (χ4n) is 2.23. The van der Waals surface area contributed by atoms with Gasteiger partial charge in [-0.1, -0.05) is 25.1 Å². The molecule has 3 nitrogen and oxygen atoms in total. The second-order valence-corrected chi connectivity index (χ2v) is 5.37. The molecule has 0 saturated carbocycles. The highest BCUT2D eigenvalue weighted by Gasteiger charge is 2.11. The molecule has 0 spiro atoms. The van der Waals surface area contributed by atoms with E-state index in [0.717, 1.165) is 16.9 Å². The lowest BCUT2D eigenvalue weighted by molar-refractivity contribution is 0.102. The molecule has 1 aromatic heterocycles. The summed E-state index contributed by atoms with van der Waals surface area (Å²) in [6, 6.07) is 8.05. The predicted molar refractivity (Wildman–Crippen MR) is 84.8 cm³/mol. The SMILES string of the molecule is CC[C@H](O)C[C@H](O)C=Cc1oc(C)cc1-c1ccc(F)cc1. The van der Waals surface area contributed by atoms with E-state index in [9.17, 15) is 14.6 Å². The van der Waals surface area contributed by atoms with Crippen molar-refractivity contribution in [2.75, 3.05) is 0 Å². The molecule has 0 radical (unpaired) electrons. The molecule has 0 aliphatic heterocycles. The summed E-state index contributed by atoms with van der Waals surface area (Å²) in [4.78, 5) is 0. The van der Waals surface area contributed by atoms with Gasteiger partial charge in [-0.05, 0) is 43.2 Å². The van der Waals surface area contributed by atoms with Crippen LogP contribution in [0.25, 0.3) is 17.2 Å². The maximum absolute atomic E-state index is 13.0. The predicted octanol–water partition coefficient (Wildman–Crippen LogP) is 3.93. The van der Waals surface area contributed by atoms with Gasteiger partial charge in [-0.3, -0.25) is 0 Å². The number of benzene rings is 1. The number of hydrogen-bond donors (Lipinski definition) is 2. The molecule has 22 heavy (non-hydrogen) atoms. The number of rotatable bonds is 6. The Labute approximate surface area is 129 Å². The van der Waals surface area contributed by atoms with Crippen molar-refractivity contribution in [2.24, 2.45) is 0 Å². The second kappa shape index (κ2) is 7.38. The summed E-state index contributed by atoms with van der Waals surface area (Å²) in [6.45, 7) is 3.70. The highest BCUT2D eigenvalue weighted by molar-refractivity contribution is 5.73. The van der Waals surface area contributed by atoms with Crippen LogP contribution in [0.2, 0.25) is 0 Å². The third kappa shape index (κ3) is 4.29. The van der Waals surface area contributed by atoms with Gasteiger partial charge in [0.25, 0.3) is 0 Å². The number of furan rings is 1. The summed E-state index contributed by atoms with van der Waals surface area (Å²) in [7, 11) is 0. The van der Waals surface area contributed by atoms with E-state index in [-0.39, 0.29) is 5.82 Å². The molecular weight excluding hydrogens is 283 g/mol. The highest BCUT2D eigenvalue weighted by Crippen LogP contribution is 2.28. The largest absolute Gasteiger partial charge is 0.461 e. The summed E-state index contributed by atoms with van der Waals surface area (Å²) in [5.74, 6) is 1.06. The van der Waals surface area contributed by atoms with E-state index in [4.69, 9.17) is 4.42 Å². The Morgan fingerprint density at radius 3 is 2.55 bits per heavy atom. The molecule has 2 N–H and O–H groups in total. The van der Waals surface area contributed by atoms with E-state index in [1.165, 1.54) is 12.1 Å². The van der Waals surface area contributed by atoms with E-state index in [0.29, 0.717) is 18.6 Å². The number of halogens is 1. The molecule has 1 heterocycles. The van der Waals surface area contributed by atoms with Crippen molar-refractivity contribution in [3.05, 3.63) is 53.7 Å². The van der Waals surface area contributed by atoms with Crippen LogP contribution >= 0.6 is 0 Å². The number of hydrogen-bond acceptors (Lipinski definition) is 3. The van der Waals surface area contributed by atoms with Gasteiger partial charge >= 0.3 is 0 Å². The zero-order valence-corrected chi connectivity index (χ0v) is 12.8. The smallest absolute Gasteiger partial charge is 0.134 e. The van der Waals surface area contributed by atoms with E-state index in [1.807, 2.05) is 19.9 Å².